The van der Waals surface area contributed by atoms with Gasteiger partial charge in [0.15, 0.2) is 5.16 Å². The van der Waals surface area contributed by atoms with Gasteiger partial charge in [0.05, 0.1) is 10.9 Å². The third-order valence-corrected chi connectivity index (χ3v) is 6.67. The van der Waals surface area contributed by atoms with E-state index in [2.05, 4.69) is 37.1 Å². The minimum absolute atomic E-state index is 0.0963. The van der Waals surface area contributed by atoms with Crippen molar-refractivity contribution in [3.63, 3.8) is 0 Å². The van der Waals surface area contributed by atoms with E-state index in [-0.39, 0.29) is 11.2 Å². The zero-order valence-electron chi connectivity index (χ0n) is 16.5. The van der Waals surface area contributed by atoms with E-state index in [9.17, 15) is 4.79 Å². The molecule has 4 rings (SSSR count). The Bertz CT molecular complexity index is 781. The molecule has 0 bridgehead atoms. The Kier molecular flexibility index (Phi) is 6.20. The lowest BCUT2D eigenvalue weighted by Crippen LogP contribution is -2.37. The molecule has 1 aromatic carbocycles. The molecule has 1 saturated heterocycles. The van der Waals surface area contributed by atoms with Crippen LogP contribution in [0.4, 0.5) is 5.95 Å². The molecule has 2 aliphatic rings. The van der Waals surface area contributed by atoms with E-state index in [1.807, 2.05) is 25.1 Å². The molecule has 0 spiro atoms. The van der Waals surface area contributed by atoms with Gasteiger partial charge in [-0.3, -0.25) is 9.36 Å². The number of benzene rings is 1. The predicted octanol–water partition coefficient (Wildman–Crippen LogP) is 3.80. The molecule has 2 fully saturated rings. The molecule has 1 amide bonds. The van der Waals surface area contributed by atoms with Crippen LogP contribution in [0.5, 0.6) is 0 Å². The van der Waals surface area contributed by atoms with Crippen LogP contribution in [0.25, 0.3) is 5.69 Å². The maximum atomic E-state index is 12.7. The van der Waals surface area contributed by atoms with Crippen molar-refractivity contribution in [1.29, 1.82) is 0 Å². The Morgan fingerprint density at radius 2 is 1.79 bits per heavy atom. The predicted molar refractivity (Wildman–Crippen MR) is 113 cm³/mol. The molecule has 2 heterocycles. The smallest absolute Gasteiger partial charge is 0.233 e. The van der Waals surface area contributed by atoms with Crippen LogP contribution in [0.15, 0.2) is 35.5 Å². The van der Waals surface area contributed by atoms with E-state index in [0.717, 1.165) is 42.7 Å². The van der Waals surface area contributed by atoms with Gasteiger partial charge in [-0.05, 0) is 51.2 Å². The van der Waals surface area contributed by atoms with Crippen molar-refractivity contribution in [3.8, 4) is 5.69 Å². The second-order valence-corrected chi connectivity index (χ2v) is 9.06. The Morgan fingerprint density at radius 3 is 2.50 bits per heavy atom. The van der Waals surface area contributed by atoms with Crippen molar-refractivity contribution >= 4 is 23.6 Å². The SMILES string of the molecule is CC(Sc1nnc(N2CCCCC2)n1-c1ccccc1)C(=O)NC1CCCC1. The van der Waals surface area contributed by atoms with Crippen molar-refractivity contribution in [2.75, 3.05) is 18.0 Å². The Labute approximate surface area is 171 Å². The van der Waals surface area contributed by atoms with Gasteiger partial charge < -0.3 is 10.2 Å². The quantitative estimate of drug-likeness (QED) is 0.749. The lowest BCUT2D eigenvalue weighted by molar-refractivity contribution is -0.120. The van der Waals surface area contributed by atoms with Crippen LogP contribution in [0, 0.1) is 0 Å². The van der Waals surface area contributed by atoms with Gasteiger partial charge in [0.25, 0.3) is 0 Å². The molecule has 1 aromatic heterocycles. The molecule has 1 aliphatic heterocycles. The van der Waals surface area contributed by atoms with E-state index < -0.39 is 0 Å². The summed E-state index contributed by atoms with van der Waals surface area (Å²) < 4.78 is 2.11. The summed E-state index contributed by atoms with van der Waals surface area (Å²) in [6.07, 6.45) is 8.28. The normalized spacial score (nSPS) is 19.0. The number of aromatic nitrogens is 3. The fourth-order valence-electron chi connectivity index (χ4n) is 4.04. The van der Waals surface area contributed by atoms with Crippen LogP contribution in [0.1, 0.15) is 51.9 Å². The first-order valence-corrected chi connectivity index (χ1v) is 11.3. The molecule has 1 atom stereocenters. The number of piperidine rings is 1. The van der Waals surface area contributed by atoms with Gasteiger partial charge in [-0.2, -0.15) is 0 Å². The van der Waals surface area contributed by atoms with Crippen LogP contribution < -0.4 is 10.2 Å². The van der Waals surface area contributed by atoms with Crippen molar-refractivity contribution in [1.82, 2.24) is 20.1 Å². The van der Waals surface area contributed by atoms with E-state index in [1.165, 1.54) is 43.9 Å². The summed E-state index contributed by atoms with van der Waals surface area (Å²) in [5, 5.41) is 12.8. The van der Waals surface area contributed by atoms with E-state index in [1.54, 1.807) is 0 Å². The number of nitrogens with zero attached hydrogens (tertiary/aromatic N) is 4. The summed E-state index contributed by atoms with van der Waals surface area (Å²) in [6, 6.07) is 10.6. The van der Waals surface area contributed by atoms with Crippen molar-refractivity contribution < 1.29 is 4.79 Å². The minimum Gasteiger partial charge on any atom is -0.352 e. The molecule has 1 unspecified atom stereocenters. The molecule has 0 radical (unpaired) electrons. The number of amides is 1. The third-order valence-electron chi connectivity index (χ3n) is 5.62. The standard InChI is InChI=1S/C21H29N5OS/c1-16(19(27)22-17-10-6-7-11-17)28-21-24-23-20(25-14-8-3-9-15-25)26(21)18-12-4-2-5-13-18/h2,4-5,12-13,16-17H,3,6-11,14-15H2,1H3,(H,22,27). The first-order valence-electron chi connectivity index (χ1n) is 10.4. The molecule has 28 heavy (non-hydrogen) atoms. The number of hydrogen-bond donors (Lipinski definition) is 1. The van der Waals surface area contributed by atoms with Gasteiger partial charge in [0, 0.05) is 19.1 Å². The highest BCUT2D eigenvalue weighted by molar-refractivity contribution is 8.00. The number of rotatable bonds is 6. The number of hydrogen-bond acceptors (Lipinski definition) is 5. The Morgan fingerprint density at radius 1 is 1.07 bits per heavy atom. The van der Waals surface area contributed by atoms with Gasteiger partial charge >= 0.3 is 0 Å². The average Bonchev–Trinajstić information content (AvgIpc) is 3.39. The second kappa shape index (κ2) is 8.99. The number of para-hydroxylation sites is 1. The van der Waals surface area contributed by atoms with Crippen LogP contribution in [-0.2, 0) is 4.79 Å². The highest BCUT2D eigenvalue weighted by Gasteiger charge is 2.26. The first kappa shape index (κ1) is 19.3. The first-order chi connectivity index (χ1) is 13.7. The Balaban J connectivity index is 1.55. The van der Waals surface area contributed by atoms with Gasteiger partial charge in [0.1, 0.15) is 0 Å². The number of carbonyl (C=O) groups excluding carboxylic acids is 1. The summed E-state index contributed by atoms with van der Waals surface area (Å²) >= 11 is 1.49. The number of carbonyl (C=O) groups is 1. The lowest BCUT2D eigenvalue weighted by Gasteiger charge is -2.28. The monoisotopic (exact) mass is 399 g/mol. The van der Waals surface area contributed by atoms with Crippen LogP contribution in [-0.4, -0.2) is 45.1 Å². The fourth-order valence-corrected chi connectivity index (χ4v) is 4.91. The summed E-state index contributed by atoms with van der Waals surface area (Å²) in [4.78, 5) is 15.0. The highest BCUT2D eigenvalue weighted by atomic mass is 32.2. The van der Waals surface area contributed by atoms with E-state index >= 15 is 0 Å². The molecule has 1 saturated carbocycles. The molecular formula is C21H29N5OS. The molecule has 1 N–H and O–H groups in total. The molecule has 6 nitrogen and oxygen atoms in total. The van der Waals surface area contributed by atoms with Gasteiger partial charge in [-0.15, -0.1) is 10.2 Å². The lowest BCUT2D eigenvalue weighted by atomic mass is 10.1. The molecule has 7 heteroatoms. The van der Waals surface area contributed by atoms with Gasteiger partial charge in [0.2, 0.25) is 11.9 Å². The summed E-state index contributed by atoms with van der Waals surface area (Å²) in [7, 11) is 0. The van der Waals surface area contributed by atoms with E-state index in [0.29, 0.717) is 6.04 Å². The van der Waals surface area contributed by atoms with Crippen molar-refractivity contribution in [2.24, 2.45) is 0 Å². The van der Waals surface area contributed by atoms with Crippen molar-refractivity contribution in [3.05, 3.63) is 30.3 Å². The zero-order valence-corrected chi connectivity index (χ0v) is 17.3. The largest absolute Gasteiger partial charge is 0.352 e. The molecule has 150 valence electrons. The molecular weight excluding hydrogens is 370 g/mol. The summed E-state index contributed by atoms with van der Waals surface area (Å²) in [5.74, 6) is 0.982. The van der Waals surface area contributed by atoms with Crippen molar-refractivity contribution in [2.45, 2.75) is 68.3 Å². The summed E-state index contributed by atoms with van der Waals surface area (Å²) in [6.45, 7) is 3.97. The average molecular weight is 400 g/mol. The molecule has 2 aromatic rings. The fraction of sp³-hybridized carbons (Fsp3) is 0.571. The maximum Gasteiger partial charge on any atom is 0.233 e. The summed E-state index contributed by atoms with van der Waals surface area (Å²) in [5.41, 5.74) is 1.04. The van der Waals surface area contributed by atoms with E-state index in [4.69, 9.17) is 0 Å². The second-order valence-electron chi connectivity index (χ2n) is 7.75. The number of nitrogens with one attached hydrogen (secondary N) is 1. The minimum atomic E-state index is -0.207. The van der Waals surface area contributed by atoms with Crippen LogP contribution >= 0.6 is 11.8 Å². The number of thioether (sulfide) groups is 1. The van der Waals surface area contributed by atoms with Gasteiger partial charge in [-0.25, -0.2) is 0 Å². The van der Waals surface area contributed by atoms with Crippen LogP contribution in [0.2, 0.25) is 0 Å². The zero-order chi connectivity index (χ0) is 19.3. The maximum absolute atomic E-state index is 12.7. The molecule has 1 aliphatic carbocycles. The van der Waals surface area contributed by atoms with Gasteiger partial charge in [-0.1, -0.05) is 42.8 Å². The highest BCUT2D eigenvalue weighted by Crippen LogP contribution is 2.30. The Hall–Kier alpha value is -2.02. The topological polar surface area (TPSA) is 63.1 Å². The number of anilines is 1. The third kappa shape index (κ3) is 4.35. The van der Waals surface area contributed by atoms with Crippen LogP contribution in [0.3, 0.4) is 0 Å².